The van der Waals surface area contributed by atoms with Crippen LogP contribution in [0.4, 0.5) is 11.6 Å². The number of hydrazone groups is 1. The Morgan fingerprint density at radius 1 is 1.06 bits per heavy atom. The molecule has 0 fully saturated rings. The zero-order chi connectivity index (χ0) is 21.8. The molecule has 9 heteroatoms. The minimum absolute atomic E-state index is 0.0768. The third-order valence-electron chi connectivity index (χ3n) is 4.61. The highest BCUT2D eigenvalue weighted by atomic mass is 16.6. The van der Waals surface area contributed by atoms with Gasteiger partial charge in [0.1, 0.15) is 5.75 Å². The fourth-order valence-corrected chi connectivity index (χ4v) is 3.10. The number of benzene rings is 3. The van der Waals surface area contributed by atoms with Crippen molar-refractivity contribution in [3.8, 4) is 11.4 Å². The van der Waals surface area contributed by atoms with Gasteiger partial charge in [-0.2, -0.15) is 5.10 Å². The van der Waals surface area contributed by atoms with Gasteiger partial charge in [0.15, 0.2) is 0 Å². The lowest BCUT2D eigenvalue weighted by atomic mass is 10.2. The molecule has 0 aliphatic carbocycles. The molecule has 1 heterocycles. The summed E-state index contributed by atoms with van der Waals surface area (Å²) in [5, 5.41) is 15.7. The van der Waals surface area contributed by atoms with Crippen molar-refractivity contribution in [1.82, 2.24) is 9.55 Å². The molecular weight excluding hydrogens is 398 g/mol. The van der Waals surface area contributed by atoms with Crippen LogP contribution < -0.4 is 15.7 Å². The number of nitro benzene ring substituents is 1. The first-order valence-electron chi connectivity index (χ1n) is 9.27. The van der Waals surface area contributed by atoms with E-state index in [2.05, 4.69) is 15.5 Å². The molecule has 0 spiro atoms. The second-order valence-electron chi connectivity index (χ2n) is 6.48. The van der Waals surface area contributed by atoms with E-state index in [0.717, 1.165) is 0 Å². The topological polar surface area (TPSA) is 112 Å². The van der Waals surface area contributed by atoms with Crippen LogP contribution >= 0.6 is 0 Å². The van der Waals surface area contributed by atoms with Gasteiger partial charge in [0, 0.05) is 6.07 Å². The van der Waals surface area contributed by atoms with Crippen molar-refractivity contribution in [3.05, 3.63) is 98.8 Å². The van der Waals surface area contributed by atoms with E-state index in [1.807, 2.05) is 0 Å². The first kappa shape index (κ1) is 19.8. The zero-order valence-corrected chi connectivity index (χ0v) is 16.4. The maximum absolute atomic E-state index is 13.2. The molecule has 4 aromatic rings. The van der Waals surface area contributed by atoms with Gasteiger partial charge in [0.25, 0.3) is 11.2 Å². The fraction of sp³-hybridized carbons (Fsp3) is 0.0455. The highest BCUT2D eigenvalue weighted by Crippen LogP contribution is 2.20. The molecule has 0 saturated heterocycles. The van der Waals surface area contributed by atoms with Gasteiger partial charge in [0.2, 0.25) is 5.95 Å². The maximum Gasteiger partial charge on any atom is 0.278 e. The van der Waals surface area contributed by atoms with Gasteiger partial charge in [-0.05, 0) is 42.5 Å². The van der Waals surface area contributed by atoms with Crippen molar-refractivity contribution >= 4 is 28.8 Å². The Labute approximate surface area is 176 Å². The Morgan fingerprint density at radius 2 is 1.77 bits per heavy atom. The molecule has 3 aromatic carbocycles. The molecule has 1 aromatic heterocycles. The average molecular weight is 415 g/mol. The zero-order valence-electron chi connectivity index (χ0n) is 16.4. The number of hydrogen-bond donors (Lipinski definition) is 1. The van der Waals surface area contributed by atoms with Gasteiger partial charge < -0.3 is 4.74 Å². The van der Waals surface area contributed by atoms with Crippen molar-refractivity contribution in [2.75, 3.05) is 12.5 Å². The summed E-state index contributed by atoms with van der Waals surface area (Å²) in [6.45, 7) is 0. The lowest BCUT2D eigenvalue weighted by molar-refractivity contribution is -0.385. The Morgan fingerprint density at radius 3 is 2.52 bits per heavy atom. The molecule has 0 unspecified atom stereocenters. The summed E-state index contributed by atoms with van der Waals surface area (Å²) >= 11 is 0. The van der Waals surface area contributed by atoms with E-state index in [-0.39, 0.29) is 17.2 Å². The fourth-order valence-electron chi connectivity index (χ4n) is 3.10. The van der Waals surface area contributed by atoms with E-state index in [1.165, 1.54) is 16.8 Å². The largest absolute Gasteiger partial charge is 0.497 e. The van der Waals surface area contributed by atoms with Crippen LogP contribution in [0, 0.1) is 10.1 Å². The average Bonchev–Trinajstić information content (AvgIpc) is 2.80. The second kappa shape index (κ2) is 8.46. The van der Waals surface area contributed by atoms with Crippen LogP contribution in [0.2, 0.25) is 0 Å². The quantitative estimate of drug-likeness (QED) is 0.292. The molecule has 0 radical (unpaired) electrons. The monoisotopic (exact) mass is 415 g/mol. The number of aromatic nitrogens is 2. The molecule has 0 atom stereocenters. The van der Waals surface area contributed by atoms with Crippen molar-refractivity contribution in [1.29, 1.82) is 0 Å². The van der Waals surface area contributed by atoms with Gasteiger partial charge in [-0.3, -0.25) is 14.9 Å². The van der Waals surface area contributed by atoms with Crippen LogP contribution in [0.1, 0.15) is 5.56 Å². The highest BCUT2D eigenvalue weighted by Gasteiger charge is 2.13. The van der Waals surface area contributed by atoms with Crippen LogP contribution in [-0.4, -0.2) is 27.8 Å². The van der Waals surface area contributed by atoms with Gasteiger partial charge in [-0.25, -0.2) is 15.0 Å². The van der Waals surface area contributed by atoms with Crippen LogP contribution in [0.3, 0.4) is 0 Å². The number of anilines is 1. The summed E-state index contributed by atoms with van der Waals surface area (Å²) in [5.74, 6) is 0.818. The normalized spacial score (nSPS) is 11.0. The molecule has 31 heavy (non-hydrogen) atoms. The number of hydrogen-bond acceptors (Lipinski definition) is 7. The number of nitrogens with one attached hydrogen (secondary N) is 1. The van der Waals surface area contributed by atoms with Crippen LogP contribution in [0.25, 0.3) is 16.6 Å². The van der Waals surface area contributed by atoms with Gasteiger partial charge in [0.05, 0.1) is 40.4 Å². The van der Waals surface area contributed by atoms with Crippen LogP contribution in [0.15, 0.2) is 82.7 Å². The Bertz CT molecular complexity index is 1350. The molecule has 0 aliphatic rings. The smallest absolute Gasteiger partial charge is 0.278 e. The summed E-state index contributed by atoms with van der Waals surface area (Å²) in [6.07, 6.45) is 1.32. The predicted molar refractivity (Wildman–Crippen MR) is 118 cm³/mol. The molecule has 9 nitrogen and oxygen atoms in total. The summed E-state index contributed by atoms with van der Waals surface area (Å²) in [5.41, 5.74) is 3.78. The number of nitro groups is 1. The molecule has 4 rings (SSSR count). The van der Waals surface area contributed by atoms with Gasteiger partial charge in [-0.1, -0.05) is 24.3 Å². The third kappa shape index (κ3) is 3.97. The summed E-state index contributed by atoms with van der Waals surface area (Å²) in [7, 11) is 1.56. The predicted octanol–water partition coefficient (Wildman–Crippen LogP) is 3.75. The lowest BCUT2D eigenvalue weighted by Gasteiger charge is -2.13. The number of methoxy groups -OCH3 is 1. The first-order valence-corrected chi connectivity index (χ1v) is 9.27. The highest BCUT2D eigenvalue weighted by molar-refractivity contribution is 5.85. The van der Waals surface area contributed by atoms with E-state index in [1.54, 1.807) is 73.8 Å². The number of ether oxygens (including phenoxy) is 1. The van der Waals surface area contributed by atoms with Crippen molar-refractivity contribution < 1.29 is 9.66 Å². The van der Waals surface area contributed by atoms with E-state index in [4.69, 9.17) is 4.74 Å². The summed E-state index contributed by atoms with van der Waals surface area (Å²) in [4.78, 5) is 28.4. The molecule has 0 saturated carbocycles. The first-order chi connectivity index (χ1) is 15.1. The Hall–Kier alpha value is -4.53. The van der Waals surface area contributed by atoms with Gasteiger partial charge >= 0.3 is 0 Å². The van der Waals surface area contributed by atoms with E-state index in [9.17, 15) is 14.9 Å². The summed E-state index contributed by atoms with van der Waals surface area (Å²) < 4.78 is 6.57. The van der Waals surface area contributed by atoms with Crippen molar-refractivity contribution in [2.24, 2.45) is 5.10 Å². The lowest BCUT2D eigenvalue weighted by Crippen LogP contribution is -2.22. The summed E-state index contributed by atoms with van der Waals surface area (Å²) in [6, 6.07) is 20.1. The second-order valence-corrected chi connectivity index (χ2v) is 6.48. The van der Waals surface area contributed by atoms with Crippen molar-refractivity contribution in [3.63, 3.8) is 0 Å². The third-order valence-corrected chi connectivity index (χ3v) is 4.61. The van der Waals surface area contributed by atoms with E-state index < -0.39 is 4.92 Å². The maximum atomic E-state index is 13.2. The van der Waals surface area contributed by atoms with Crippen LogP contribution in [0.5, 0.6) is 5.75 Å². The standard InChI is InChI=1S/C22H17N5O4/c1-31-17-12-10-16(11-13-17)26-21(28)18-7-3-4-8-19(18)24-22(26)25-23-14-15-6-2-5-9-20(15)27(29)30/h2-14H,1H3,(H,24,25)/b23-14+. The Balaban J connectivity index is 1.79. The van der Waals surface area contributed by atoms with Crippen LogP contribution in [-0.2, 0) is 0 Å². The molecule has 0 bridgehead atoms. The van der Waals surface area contributed by atoms with Gasteiger partial charge in [-0.15, -0.1) is 0 Å². The van der Waals surface area contributed by atoms with Crippen molar-refractivity contribution in [2.45, 2.75) is 0 Å². The number of nitrogens with zero attached hydrogens (tertiary/aromatic N) is 4. The molecule has 0 aliphatic heterocycles. The molecule has 1 N–H and O–H groups in total. The van der Waals surface area contributed by atoms with E-state index >= 15 is 0 Å². The minimum atomic E-state index is -0.483. The van der Waals surface area contributed by atoms with E-state index in [0.29, 0.717) is 27.9 Å². The Kier molecular flexibility index (Phi) is 5.39. The molecule has 154 valence electrons. The minimum Gasteiger partial charge on any atom is -0.497 e. The number of para-hydroxylation sites is 2. The number of fused-ring (bicyclic) bond motifs is 1. The SMILES string of the molecule is COc1ccc(-n2c(N/N=C/c3ccccc3[N+](=O)[O-])nc3ccccc3c2=O)cc1. The molecular formula is C22H17N5O4. The number of rotatable bonds is 6. The molecule has 0 amide bonds.